The Labute approximate surface area is 146 Å². The summed E-state index contributed by atoms with van der Waals surface area (Å²) in [7, 11) is 0. The predicted octanol–water partition coefficient (Wildman–Crippen LogP) is 5.26. The summed E-state index contributed by atoms with van der Waals surface area (Å²) in [5.41, 5.74) is 0. The fourth-order valence-electron chi connectivity index (χ4n) is 1.78. The molecule has 0 N–H and O–H groups in total. The Hall–Kier alpha value is 0.692. The molecule has 0 nitrogen and oxygen atoms in total. The van der Waals surface area contributed by atoms with Gasteiger partial charge in [0.05, 0.1) is 0 Å². The fourth-order valence-corrected chi connectivity index (χ4v) is 6.67. The van der Waals surface area contributed by atoms with E-state index in [0.717, 1.165) is 10.6 Å². The van der Waals surface area contributed by atoms with Gasteiger partial charge in [-0.05, 0) is 0 Å². The molecule has 0 heterocycles. The summed E-state index contributed by atoms with van der Waals surface area (Å²) in [5, 5.41) is -2.05. The second kappa shape index (κ2) is 6.64. The Bertz CT molecular complexity index is 487. The zero-order valence-electron chi connectivity index (χ0n) is 9.63. The van der Waals surface area contributed by atoms with Gasteiger partial charge in [-0.2, -0.15) is 0 Å². The first-order chi connectivity index (χ1) is 8.46. The maximum absolute atomic E-state index is 6.81. The summed E-state index contributed by atoms with van der Waals surface area (Å²) in [5.74, 6) is 0. The molecule has 2 aromatic rings. The molecule has 19 heavy (non-hydrogen) atoms. The van der Waals surface area contributed by atoms with Crippen LogP contribution in [0.15, 0.2) is 60.7 Å². The van der Waals surface area contributed by atoms with Crippen LogP contribution in [0.5, 0.6) is 0 Å². The SMILES string of the molecule is ClC(Cl)P(Cl)(Cl)(c1ccccc1)c1ccccc1.[Pd]. The van der Waals surface area contributed by atoms with Crippen LogP contribution in [0.2, 0.25) is 0 Å². The molecular formula is C13H11Cl4PPd. The van der Waals surface area contributed by atoms with Crippen LogP contribution in [0, 0.1) is 0 Å². The third-order valence-corrected chi connectivity index (χ3v) is 13.0. The normalized spacial score (nSPS) is 13.4. The van der Waals surface area contributed by atoms with Gasteiger partial charge in [-0.1, -0.05) is 0 Å². The van der Waals surface area contributed by atoms with Crippen molar-refractivity contribution in [1.29, 1.82) is 0 Å². The van der Waals surface area contributed by atoms with Gasteiger partial charge < -0.3 is 0 Å². The van der Waals surface area contributed by atoms with E-state index >= 15 is 0 Å². The molecule has 2 aromatic carbocycles. The summed E-state index contributed by atoms with van der Waals surface area (Å²) < 4.78 is -0.885. The molecule has 0 aliphatic carbocycles. The van der Waals surface area contributed by atoms with Gasteiger partial charge in [-0.3, -0.25) is 0 Å². The van der Waals surface area contributed by atoms with Gasteiger partial charge in [-0.15, -0.1) is 0 Å². The molecule has 6 heteroatoms. The number of hydrogen-bond acceptors (Lipinski definition) is 0. The zero-order valence-corrected chi connectivity index (χ0v) is 15.1. The van der Waals surface area contributed by atoms with Gasteiger partial charge in [0.15, 0.2) is 0 Å². The summed E-state index contributed by atoms with van der Waals surface area (Å²) >= 11 is 25.9. The van der Waals surface area contributed by atoms with E-state index in [1.165, 1.54) is 0 Å². The molecule has 0 aromatic heterocycles. The van der Waals surface area contributed by atoms with E-state index in [1.807, 2.05) is 60.7 Å². The van der Waals surface area contributed by atoms with Gasteiger partial charge in [0.1, 0.15) is 0 Å². The summed E-state index contributed by atoms with van der Waals surface area (Å²) in [6.45, 7) is 0. The average molecular weight is 446 g/mol. The topological polar surface area (TPSA) is 0 Å². The van der Waals surface area contributed by atoms with Crippen LogP contribution in [0.3, 0.4) is 0 Å². The van der Waals surface area contributed by atoms with E-state index in [2.05, 4.69) is 0 Å². The van der Waals surface area contributed by atoms with Crippen molar-refractivity contribution in [2.75, 3.05) is 0 Å². The Morgan fingerprint density at radius 2 is 1.00 bits per heavy atom. The first-order valence-electron chi connectivity index (χ1n) is 5.30. The zero-order chi connectivity index (χ0) is 13.3. The molecule has 0 fully saturated rings. The molecule has 0 aliphatic heterocycles. The van der Waals surface area contributed by atoms with E-state index in [-0.39, 0.29) is 20.4 Å². The van der Waals surface area contributed by atoms with Crippen LogP contribution < -0.4 is 10.6 Å². The van der Waals surface area contributed by atoms with Gasteiger partial charge in [0.2, 0.25) is 0 Å². The van der Waals surface area contributed by atoms with E-state index in [1.54, 1.807) is 0 Å². The minimum Gasteiger partial charge on any atom is 0 e. The molecule has 0 saturated heterocycles. The molecule has 0 aliphatic rings. The molecule has 0 unspecified atom stereocenters. The molecule has 0 radical (unpaired) electrons. The minimum atomic E-state index is -3.59. The van der Waals surface area contributed by atoms with Crippen molar-refractivity contribution in [3.8, 4) is 0 Å². The second-order valence-electron chi connectivity index (χ2n) is 3.92. The summed E-state index contributed by atoms with van der Waals surface area (Å²) in [6.07, 6.45) is 0. The molecule has 106 valence electrons. The van der Waals surface area contributed by atoms with Crippen molar-refractivity contribution < 1.29 is 20.4 Å². The van der Waals surface area contributed by atoms with E-state index < -0.39 is 9.89 Å². The first-order valence-corrected chi connectivity index (χ1v) is 10.3. The summed E-state index contributed by atoms with van der Waals surface area (Å²) in [6, 6.07) is 18.8. The van der Waals surface area contributed by atoms with Crippen molar-refractivity contribution >= 4 is 61.6 Å². The smallest absolute Gasteiger partial charge is 0 e. The van der Waals surface area contributed by atoms with E-state index in [4.69, 9.17) is 45.7 Å². The van der Waals surface area contributed by atoms with Gasteiger partial charge in [0, 0.05) is 20.4 Å². The van der Waals surface area contributed by atoms with Crippen LogP contribution in [0.1, 0.15) is 0 Å². The predicted molar refractivity (Wildman–Crippen MR) is 86.3 cm³/mol. The Balaban J connectivity index is 0.00000180. The van der Waals surface area contributed by atoms with Crippen LogP contribution in [-0.2, 0) is 20.4 Å². The summed E-state index contributed by atoms with van der Waals surface area (Å²) in [4.78, 5) is 0. The first kappa shape index (κ1) is 17.7. The van der Waals surface area contributed by atoms with E-state index in [9.17, 15) is 0 Å². The number of alkyl halides is 2. The Kier molecular flexibility index (Phi) is 6.20. The standard InChI is InChI=1S/C13H11Cl4P.Pd/c14-13(15)18(16,17,11-7-3-1-4-8-11)12-9-5-2-6-10-12;/h1-10,13H;. The molecule has 0 amide bonds. The molecule has 0 spiro atoms. The third-order valence-electron chi connectivity index (χ3n) is 2.80. The van der Waals surface area contributed by atoms with Crippen molar-refractivity contribution in [1.82, 2.24) is 0 Å². The number of rotatable bonds is 3. The van der Waals surface area contributed by atoms with Gasteiger partial charge >= 0.3 is 127 Å². The van der Waals surface area contributed by atoms with Crippen LogP contribution >= 0.6 is 51.0 Å². The quantitative estimate of drug-likeness (QED) is 0.343. The van der Waals surface area contributed by atoms with Gasteiger partial charge in [0.25, 0.3) is 0 Å². The number of hydrogen-bond donors (Lipinski definition) is 0. The Morgan fingerprint density at radius 3 is 1.26 bits per heavy atom. The molecule has 2 rings (SSSR count). The van der Waals surface area contributed by atoms with Crippen molar-refractivity contribution in [3.63, 3.8) is 0 Å². The number of benzene rings is 2. The minimum absolute atomic E-state index is 0. The van der Waals surface area contributed by atoms with Crippen LogP contribution in [0.4, 0.5) is 0 Å². The average Bonchev–Trinajstić information content (AvgIpc) is 2.41. The largest absolute Gasteiger partial charge is 0 e. The van der Waals surface area contributed by atoms with Crippen LogP contribution in [-0.4, -0.2) is 4.58 Å². The fraction of sp³-hybridized carbons (Fsp3) is 0.0769. The molecule has 0 bridgehead atoms. The van der Waals surface area contributed by atoms with Crippen molar-refractivity contribution in [2.24, 2.45) is 0 Å². The van der Waals surface area contributed by atoms with Crippen molar-refractivity contribution in [2.45, 2.75) is 4.58 Å². The molecular weight excluding hydrogens is 435 g/mol. The Morgan fingerprint density at radius 1 is 0.684 bits per heavy atom. The monoisotopic (exact) mass is 444 g/mol. The van der Waals surface area contributed by atoms with Crippen molar-refractivity contribution in [3.05, 3.63) is 60.7 Å². The van der Waals surface area contributed by atoms with Gasteiger partial charge in [-0.25, -0.2) is 0 Å². The maximum atomic E-state index is 6.81. The molecule has 0 atom stereocenters. The van der Waals surface area contributed by atoms with Crippen LogP contribution in [0.25, 0.3) is 0 Å². The third kappa shape index (κ3) is 3.15. The number of halogens is 4. The van der Waals surface area contributed by atoms with E-state index in [0.29, 0.717) is 0 Å². The molecule has 0 saturated carbocycles. The second-order valence-corrected chi connectivity index (χ2v) is 13.8. The maximum Gasteiger partial charge on any atom is 0 e.